The maximum atomic E-state index is 11.5. The molecule has 96 valence electrons. The second-order valence-electron chi connectivity index (χ2n) is 3.75. The lowest BCUT2D eigenvalue weighted by molar-refractivity contribution is 0.252. The SMILES string of the molecule is O=C(N/N=C\c1cccc(Cl)c1)Nc1ccccc1. The van der Waals surface area contributed by atoms with Gasteiger partial charge in [0.2, 0.25) is 0 Å². The van der Waals surface area contributed by atoms with Gasteiger partial charge in [-0.15, -0.1) is 0 Å². The van der Waals surface area contributed by atoms with Gasteiger partial charge < -0.3 is 5.32 Å². The first-order valence-corrected chi connectivity index (χ1v) is 6.02. The van der Waals surface area contributed by atoms with Crippen LogP contribution in [0.25, 0.3) is 0 Å². The van der Waals surface area contributed by atoms with Gasteiger partial charge in [0, 0.05) is 10.7 Å². The average Bonchev–Trinajstić information content (AvgIpc) is 2.40. The van der Waals surface area contributed by atoms with Gasteiger partial charge in [0.25, 0.3) is 0 Å². The number of anilines is 1. The number of benzene rings is 2. The predicted octanol–water partition coefficient (Wildman–Crippen LogP) is 3.50. The molecule has 0 heterocycles. The highest BCUT2D eigenvalue weighted by molar-refractivity contribution is 6.30. The minimum absolute atomic E-state index is 0.399. The van der Waals surface area contributed by atoms with E-state index in [2.05, 4.69) is 15.8 Å². The summed E-state index contributed by atoms with van der Waals surface area (Å²) in [5.41, 5.74) is 3.89. The van der Waals surface area contributed by atoms with E-state index in [0.29, 0.717) is 10.7 Å². The quantitative estimate of drug-likeness (QED) is 0.653. The van der Waals surface area contributed by atoms with Crippen LogP contribution in [0.15, 0.2) is 59.7 Å². The fraction of sp³-hybridized carbons (Fsp3) is 0. The van der Waals surface area contributed by atoms with E-state index in [4.69, 9.17) is 11.6 Å². The summed E-state index contributed by atoms with van der Waals surface area (Å²) in [6, 6.07) is 15.9. The van der Waals surface area contributed by atoms with Gasteiger partial charge in [0.15, 0.2) is 0 Å². The van der Waals surface area contributed by atoms with Gasteiger partial charge in [-0.2, -0.15) is 5.10 Å². The number of para-hydroxylation sites is 1. The van der Waals surface area contributed by atoms with E-state index >= 15 is 0 Å². The van der Waals surface area contributed by atoms with Crippen LogP contribution in [0.4, 0.5) is 10.5 Å². The van der Waals surface area contributed by atoms with Gasteiger partial charge in [-0.1, -0.05) is 41.9 Å². The summed E-state index contributed by atoms with van der Waals surface area (Å²) in [5, 5.41) is 7.11. The highest BCUT2D eigenvalue weighted by Gasteiger charge is 1.98. The fourth-order valence-corrected chi connectivity index (χ4v) is 1.63. The maximum Gasteiger partial charge on any atom is 0.339 e. The van der Waals surface area contributed by atoms with Crippen molar-refractivity contribution >= 4 is 29.5 Å². The number of halogens is 1. The molecule has 0 radical (unpaired) electrons. The molecule has 0 aliphatic heterocycles. The topological polar surface area (TPSA) is 53.5 Å². The zero-order chi connectivity index (χ0) is 13.5. The molecule has 4 nitrogen and oxygen atoms in total. The highest BCUT2D eigenvalue weighted by atomic mass is 35.5. The van der Waals surface area contributed by atoms with Crippen molar-refractivity contribution in [2.75, 3.05) is 5.32 Å². The third-order valence-corrected chi connectivity index (χ3v) is 2.50. The van der Waals surface area contributed by atoms with Crippen LogP contribution in [0, 0.1) is 0 Å². The number of urea groups is 1. The van der Waals surface area contributed by atoms with Crippen LogP contribution < -0.4 is 10.7 Å². The lowest BCUT2D eigenvalue weighted by Gasteiger charge is -2.03. The number of amides is 2. The van der Waals surface area contributed by atoms with E-state index in [0.717, 1.165) is 5.56 Å². The molecule has 0 saturated carbocycles. The Bertz CT molecular complexity index is 584. The standard InChI is InChI=1S/C14H12ClN3O/c15-12-6-4-5-11(9-12)10-16-18-14(19)17-13-7-2-1-3-8-13/h1-10H,(H2,17,18,19)/b16-10-. The summed E-state index contributed by atoms with van der Waals surface area (Å²) in [6.45, 7) is 0. The molecule has 0 atom stereocenters. The monoisotopic (exact) mass is 273 g/mol. The highest BCUT2D eigenvalue weighted by Crippen LogP contribution is 2.08. The first-order chi connectivity index (χ1) is 9.24. The number of nitrogens with one attached hydrogen (secondary N) is 2. The molecule has 5 heteroatoms. The minimum atomic E-state index is -0.399. The predicted molar refractivity (Wildman–Crippen MR) is 77.6 cm³/mol. The van der Waals surface area contributed by atoms with Crippen LogP contribution in [-0.4, -0.2) is 12.2 Å². The Hall–Kier alpha value is -2.33. The number of nitrogens with zero attached hydrogens (tertiary/aromatic N) is 1. The molecule has 0 aromatic heterocycles. The van der Waals surface area contributed by atoms with E-state index in [1.54, 1.807) is 24.3 Å². The summed E-state index contributed by atoms with van der Waals surface area (Å²) in [6.07, 6.45) is 1.52. The van der Waals surface area contributed by atoms with Gasteiger partial charge in [0.1, 0.15) is 0 Å². The van der Waals surface area contributed by atoms with E-state index in [1.165, 1.54) is 6.21 Å². The zero-order valence-electron chi connectivity index (χ0n) is 10.0. The molecular weight excluding hydrogens is 262 g/mol. The van der Waals surface area contributed by atoms with Crippen LogP contribution in [0.5, 0.6) is 0 Å². The van der Waals surface area contributed by atoms with Crippen molar-refractivity contribution < 1.29 is 4.79 Å². The van der Waals surface area contributed by atoms with Gasteiger partial charge in [-0.25, -0.2) is 10.2 Å². The second-order valence-corrected chi connectivity index (χ2v) is 4.18. The molecule has 2 amide bonds. The van der Waals surface area contributed by atoms with Crippen molar-refractivity contribution in [3.8, 4) is 0 Å². The Morgan fingerprint density at radius 3 is 2.63 bits per heavy atom. The number of hydrogen-bond acceptors (Lipinski definition) is 2. The average molecular weight is 274 g/mol. The molecule has 2 aromatic rings. The molecule has 2 aromatic carbocycles. The molecule has 2 N–H and O–H groups in total. The molecule has 0 aliphatic rings. The first kappa shape index (κ1) is 13.1. The lowest BCUT2D eigenvalue weighted by Crippen LogP contribution is -2.24. The molecule has 0 fully saturated rings. The molecule has 0 bridgehead atoms. The molecule has 0 saturated heterocycles. The van der Waals surface area contributed by atoms with Crippen molar-refractivity contribution in [3.05, 3.63) is 65.2 Å². The summed E-state index contributed by atoms with van der Waals surface area (Å²) in [5.74, 6) is 0. The van der Waals surface area contributed by atoms with Gasteiger partial charge in [0.05, 0.1) is 6.21 Å². The first-order valence-electron chi connectivity index (χ1n) is 5.65. The smallest absolute Gasteiger partial charge is 0.307 e. The van der Waals surface area contributed by atoms with Crippen molar-refractivity contribution in [1.29, 1.82) is 0 Å². The minimum Gasteiger partial charge on any atom is -0.307 e. The largest absolute Gasteiger partial charge is 0.339 e. The van der Waals surface area contributed by atoms with Gasteiger partial charge in [-0.3, -0.25) is 0 Å². The molecule has 2 rings (SSSR count). The van der Waals surface area contributed by atoms with E-state index in [1.807, 2.05) is 30.3 Å². The van der Waals surface area contributed by atoms with Gasteiger partial charge >= 0.3 is 6.03 Å². The molecule has 19 heavy (non-hydrogen) atoms. The van der Waals surface area contributed by atoms with Crippen LogP contribution in [0.3, 0.4) is 0 Å². The molecule has 0 spiro atoms. The zero-order valence-corrected chi connectivity index (χ0v) is 10.8. The second kappa shape index (κ2) is 6.56. The fourth-order valence-electron chi connectivity index (χ4n) is 1.43. The Morgan fingerprint density at radius 1 is 1.11 bits per heavy atom. The van der Waals surface area contributed by atoms with Gasteiger partial charge in [-0.05, 0) is 29.8 Å². The Balaban J connectivity index is 1.87. The van der Waals surface area contributed by atoms with Crippen molar-refractivity contribution in [2.45, 2.75) is 0 Å². The number of hydrogen-bond donors (Lipinski definition) is 2. The third kappa shape index (κ3) is 4.44. The van der Waals surface area contributed by atoms with Crippen LogP contribution >= 0.6 is 11.6 Å². The van der Waals surface area contributed by atoms with E-state index < -0.39 is 6.03 Å². The lowest BCUT2D eigenvalue weighted by atomic mass is 10.2. The summed E-state index contributed by atoms with van der Waals surface area (Å²) < 4.78 is 0. The van der Waals surface area contributed by atoms with Crippen molar-refractivity contribution in [2.24, 2.45) is 5.10 Å². The van der Waals surface area contributed by atoms with Crippen LogP contribution in [0.1, 0.15) is 5.56 Å². The molecular formula is C14H12ClN3O. The third-order valence-electron chi connectivity index (χ3n) is 2.26. The number of carbonyl (C=O) groups is 1. The Kier molecular flexibility index (Phi) is 4.53. The summed E-state index contributed by atoms with van der Waals surface area (Å²) >= 11 is 5.83. The van der Waals surface area contributed by atoms with Crippen molar-refractivity contribution in [3.63, 3.8) is 0 Å². The van der Waals surface area contributed by atoms with E-state index in [-0.39, 0.29) is 0 Å². The Labute approximate surface area is 116 Å². The van der Waals surface area contributed by atoms with Crippen molar-refractivity contribution in [1.82, 2.24) is 5.43 Å². The summed E-state index contributed by atoms with van der Waals surface area (Å²) in [7, 11) is 0. The van der Waals surface area contributed by atoms with E-state index in [9.17, 15) is 4.79 Å². The summed E-state index contributed by atoms with van der Waals surface area (Å²) in [4.78, 5) is 11.5. The maximum absolute atomic E-state index is 11.5. The Morgan fingerprint density at radius 2 is 1.89 bits per heavy atom. The number of hydrazone groups is 1. The normalized spacial score (nSPS) is 10.4. The van der Waals surface area contributed by atoms with Crippen LogP contribution in [0.2, 0.25) is 5.02 Å². The van der Waals surface area contributed by atoms with Crippen LogP contribution in [-0.2, 0) is 0 Å². The molecule has 0 unspecified atom stereocenters. The number of carbonyl (C=O) groups excluding carboxylic acids is 1. The molecule has 0 aliphatic carbocycles. The number of rotatable bonds is 3.